The molecule has 2 amide bonds. The lowest BCUT2D eigenvalue weighted by atomic mass is 10.2. The van der Waals surface area contributed by atoms with E-state index < -0.39 is 11.8 Å². The maximum Gasteiger partial charge on any atom is 0.319 e. The highest BCUT2D eigenvalue weighted by Gasteiger charge is 2.07. The number of hydrogen-bond donors (Lipinski definition) is 3. The largest absolute Gasteiger partial charge is 0.396 e. The van der Waals surface area contributed by atoms with Crippen molar-refractivity contribution in [3.8, 4) is 0 Å². The van der Waals surface area contributed by atoms with Gasteiger partial charge in [-0.1, -0.05) is 13.0 Å². The summed E-state index contributed by atoms with van der Waals surface area (Å²) in [6, 6.07) is 4.02. The third kappa shape index (κ3) is 4.40. The fourth-order valence-corrected chi connectivity index (χ4v) is 1.23. The predicted molar refractivity (Wildman–Crippen MR) is 64.4 cm³/mol. The molecular formula is C12H17FN2O2. The van der Waals surface area contributed by atoms with Crippen LogP contribution in [0, 0.1) is 18.7 Å². The monoisotopic (exact) mass is 240 g/mol. The van der Waals surface area contributed by atoms with Gasteiger partial charge in [-0.3, -0.25) is 0 Å². The lowest BCUT2D eigenvalue weighted by Crippen LogP contribution is -2.33. The van der Waals surface area contributed by atoms with Crippen LogP contribution in [-0.2, 0) is 0 Å². The number of rotatable bonds is 4. The Labute approximate surface area is 99.8 Å². The maximum atomic E-state index is 13.3. The minimum absolute atomic E-state index is 0.000907. The van der Waals surface area contributed by atoms with Gasteiger partial charge < -0.3 is 15.7 Å². The van der Waals surface area contributed by atoms with Gasteiger partial charge in [0.15, 0.2) is 0 Å². The quantitative estimate of drug-likeness (QED) is 0.752. The molecule has 94 valence electrons. The van der Waals surface area contributed by atoms with Gasteiger partial charge in [0, 0.05) is 13.2 Å². The summed E-state index contributed by atoms with van der Waals surface area (Å²) in [5, 5.41) is 13.8. The van der Waals surface area contributed by atoms with Crippen molar-refractivity contribution in [2.45, 2.75) is 13.8 Å². The Bertz CT molecular complexity index is 396. The van der Waals surface area contributed by atoms with Crippen LogP contribution < -0.4 is 10.6 Å². The molecule has 0 aliphatic heterocycles. The molecule has 0 fully saturated rings. The van der Waals surface area contributed by atoms with E-state index in [1.807, 2.05) is 6.92 Å². The molecule has 0 aliphatic carbocycles. The summed E-state index contributed by atoms with van der Waals surface area (Å²) >= 11 is 0. The molecule has 1 atom stereocenters. The molecule has 0 saturated carbocycles. The molecule has 0 aromatic heterocycles. The minimum atomic E-state index is -0.477. The van der Waals surface area contributed by atoms with Gasteiger partial charge in [-0.2, -0.15) is 0 Å². The van der Waals surface area contributed by atoms with Crippen molar-refractivity contribution in [1.82, 2.24) is 5.32 Å². The van der Waals surface area contributed by atoms with E-state index in [2.05, 4.69) is 10.6 Å². The number of carbonyl (C=O) groups excluding carboxylic acids is 1. The van der Waals surface area contributed by atoms with Gasteiger partial charge in [-0.15, -0.1) is 0 Å². The molecule has 5 heteroatoms. The van der Waals surface area contributed by atoms with Crippen molar-refractivity contribution in [2.24, 2.45) is 5.92 Å². The highest BCUT2D eigenvalue weighted by molar-refractivity contribution is 5.89. The number of aryl methyl sites for hydroxylation is 1. The van der Waals surface area contributed by atoms with Crippen LogP contribution in [0.1, 0.15) is 12.5 Å². The molecule has 17 heavy (non-hydrogen) atoms. The number of carbonyl (C=O) groups is 1. The van der Waals surface area contributed by atoms with Crippen molar-refractivity contribution < 1.29 is 14.3 Å². The summed E-state index contributed by atoms with van der Waals surface area (Å²) in [6.07, 6.45) is 0. The summed E-state index contributed by atoms with van der Waals surface area (Å²) in [7, 11) is 0. The number of aliphatic hydroxyl groups excluding tert-OH is 1. The number of amides is 2. The summed E-state index contributed by atoms with van der Waals surface area (Å²) in [5.41, 5.74) is 1.02. The van der Waals surface area contributed by atoms with E-state index in [0.29, 0.717) is 6.54 Å². The summed E-state index contributed by atoms with van der Waals surface area (Å²) < 4.78 is 13.3. The van der Waals surface area contributed by atoms with Crippen LogP contribution in [0.2, 0.25) is 0 Å². The zero-order valence-corrected chi connectivity index (χ0v) is 9.96. The molecule has 1 aromatic carbocycles. The number of benzene rings is 1. The fraction of sp³-hybridized carbons (Fsp3) is 0.417. The number of nitrogens with one attached hydrogen (secondary N) is 2. The van der Waals surface area contributed by atoms with E-state index >= 15 is 0 Å². The molecule has 4 nitrogen and oxygen atoms in total. The second kappa shape index (κ2) is 6.20. The van der Waals surface area contributed by atoms with Gasteiger partial charge in [0.05, 0.1) is 5.69 Å². The van der Waals surface area contributed by atoms with Crippen molar-refractivity contribution in [2.75, 3.05) is 18.5 Å². The van der Waals surface area contributed by atoms with E-state index in [1.165, 1.54) is 6.07 Å². The molecule has 0 heterocycles. The molecule has 0 aliphatic rings. The Morgan fingerprint density at radius 2 is 2.24 bits per heavy atom. The first-order chi connectivity index (χ1) is 8.02. The Hall–Kier alpha value is -1.62. The molecule has 1 aromatic rings. The van der Waals surface area contributed by atoms with E-state index in [4.69, 9.17) is 5.11 Å². The van der Waals surface area contributed by atoms with Gasteiger partial charge in [0.25, 0.3) is 0 Å². The van der Waals surface area contributed by atoms with E-state index in [0.717, 1.165) is 5.56 Å². The molecular weight excluding hydrogens is 223 g/mol. The lowest BCUT2D eigenvalue weighted by molar-refractivity contribution is 0.227. The third-order valence-corrected chi connectivity index (χ3v) is 2.29. The predicted octanol–water partition coefficient (Wildman–Crippen LogP) is 1.88. The van der Waals surface area contributed by atoms with Crippen molar-refractivity contribution >= 4 is 11.7 Å². The van der Waals surface area contributed by atoms with Gasteiger partial charge >= 0.3 is 6.03 Å². The highest BCUT2D eigenvalue weighted by Crippen LogP contribution is 2.15. The first-order valence-electron chi connectivity index (χ1n) is 5.44. The topological polar surface area (TPSA) is 61.4 Å². The van der Waals surface area contributed by atoms with E-state index in [9.17, 15) is 9.18 Å². The number of halogens is 1. The van der Waals surface area contributed by atoms with Gasteiger partial charge in [-0.05, 0) is 30.5 Å². The van der Waals surface area contributed by atoms with Crippen LogP contribution >= 0.6 is 0 Å². The Morgan fingerprint density at radius 3 is 2.88 bits per heavy atom. The Kier molecular flexibility index (Phi) is 4.90. The molecule has 0 spiro atoms. The van der Waals surface area contributed by atoms with Crippen LogP contribution in [0.15, 0.2) is 18.2 Å². The lowest BCUT2D eigenvalue weighted by Gasteiger charge is -2.11. The SMILES string of the molecule is Cc1ccc(F)c(NC(=O)NCC(C)CO)c1. The number of urea groups is 1. The number of anilines is 1. The summed E-state index contributed by atoms with van der Waals surface area (Å²) in [4.78, 5) is 11.4. The first kappa shape index (κ1) is 13.4. The molecule has 1 rings (SSSR count). The minimum Gasteiger partial charge on any atom is -0.396 e. The summed E-state index contributed by atoms with van der Waals surface area (Å²) in [5.74, 6) is -0.496. The molecule has 0 saturated heterocycles. The zero-order chi connectivity index (χ0) is 12.8. The number of hydrogen-bond acceptors (Lipinski definition) is 2. The van der Waals surface area contributed by atoms with Crippen molar-refractivity contribution in [3.05, 3.63) is 29.6 Å². The standard InChI is InChI=1S/C12H17FN2O2/c1-8-3-4-10(13)11(5-8)15-12(17)14-6-9(2)7-16/h3-5,9,16H,6-7H2,1-2H3,(H2,14,15,17). The smallest absolute Gasteiger partial charge is 0.319 e. The van der Waals surface area contributed by atoms with Crippen LogP contribution in [0.3, 0.4) is 0 Å². The van der Waals surface area contributed by atoms with Crippen LogP contribution in [-0.4, -0.2) is 24.3 Å². The van der Waals surface area contributed by atoms with Crippen LogP contribution in [0.5, 0.6) is 0 Å². The van der Waals surface area contributed by atoms with Gasteiger partial charge in [0.2, 0.25) is 0 Å². The second-order valence-electron chi connectivity index (χ2n) is 4.11. The normalized spacial score (nSPS) is 12.0. The van der Waals surface area contributed by atoms with Crippen molar-refractivity contribution in [3.63, 3.8) is 0 Å². The Morgan fingerprint density at radius 1 is 1.53 bits per heavy atom. The Balaban J connectivity index is 2.53. The van der Waals surface area contributed by atoms with Crippen LogP contribution in [0.4, 0.5) is 14.9 Å². The molecule has 0 radical (unpaired) electrons. The first-order valence-corrected chi connectivity index (χ1v) is 5.44. The third-order valence-electron chi connectivity index (χ3n) is 2.29. The second-order valence-corrected chi connectivity index (χ2v) is 4.11. The fourth-order valence-electron chi connectivity index (χ4n) is 1.23. The van der Waals surface area contributed by atoms with Crippen LogP contribution in [0.25, 0.3) is 0 Å². The number of aliphatic hydroxyl groups is 1. The average molecular weight is 240 g/mol. The van der Waals surface area contributed by atoms with Crippen molar-refractivity contribution in [1.29, 1.82) is 0 Å². The molecule has 3 N–H and O–H groups in total. The zero-order valence-electron chi connectivity index (χ0n) is 9.96. The molecule has 0 bridgehead atoms. The highest BCUT2D eigenvalue weighted by atomic mass is 19.1. The summed E-state index contributed by atoms with van der Waals surface area (Å²) in [6.45, 7) is 3.96. The average Bonchev–Trinajstić information content (AvgIpc) is 2.30. The maximum absolute atomic E-state index is 13.3. The van der Waals surface area contributed by atoms with Gasteiger partial charge in [0.1, 0.15) is 5.82 Å². The molecule has 1 unspecified atom stereocenters. The van der Waals surface area contributed by atoms with E-state index in [1.54, 1.807) is 19.1 Å². The van der Waals surface area contributed by atoms with Gasteiger partial charge in [-0.25, -0.2) is 9.18 Å². The van der Waals surface area contributed by atoms with E-state index in [-0.39, 0.29) is 18.2 Å².